The molecular formula is C17H20FNO. The van der Waals surface area contributed by atoms with Gasteiger partial charge in [0.2, 0.25) is 0 Å². The summed E-state index contributed by atoms with van der Waals surface area (Å²) in [7, 11) is 0. The molecule has 0 amide bonds. The molecule has 106 valence electrons. The molecule has 0 radical (unpaired) electrons. The molecule has 20 heavy (non-hydrogen) atoms. The Labute approximate surface area is 119 Å². The van der Waals surface area contributed by atoms with E-state index in [0.717, 1.165) is 5.75 Å². The maximum Gasteiger partial charge on any atom is 0.132 e. The van der Waals surface area contributed by atoms with E-state index in [9.17, 15) is 4.39 Å². The Hall–Kier alpha value is -1.87. The molecule has 0 saturated carbocycles. The minimum atomic E-state index is -0.306. The van der Waals surface area contributed by atoms with E-state index in [1.165, 1.54) is 17.7 Å². The van der Waals surface area contributed by atoms with Gasteiger partial charge in [0.15, 0.2) is 0 Å². The first-order chi connectivity index (χ1) is 9.47. The molecule has 0 saturated heterocycles. The van der Waals surface area contributed by atoms with E-state index in [4.69, 9.17) is 10.5 Å². The van der Waals surface area contributed by atoms with Gasteiger partial charge in [-0.15, -0.1) is 0 Å². The quantitative estimate of drug-likeness (QED) is 0.871. The molecule has 3 heteroatoms. The van der Waals surface area contributed by atoms with Crippen molar-refractivity contribution in [1.82, 2.24) is 0 Å². The van der Waals surface area contributed by atoms with Crippen molar-refractivity contribution in [3.05, 3.63) is 59.4 Å². The van der Waals surface area contributed by atoms with Crippen LogP contribution < -0.4 is 10.5 Å². The second-order valence-electron chi connectivity index (χ2n) is 5.30. The highest BCUT2D eigenvalue weighted by molar-refractivity contribution is 5.40. The summed E-state index contributed by atoms with van der Waals surface area (Å²) >= 11 is 0. The minimum absolute atomic E-state index is 0.282. The van der Waals surface area contributed by atoms with Gasteiger partial charge in [0.25, 0.3) is 0 Å². The first kappa shape index (κ1) is 14.5. The van der Waals surface area contributed by atoms with Gasteiger partial charge in [-0.3, -0.25) is 0 Å². The Morgan fingerprint density at radius 2 is 1.65 bits per heavy atom. The van der Waals surface area contributed by atoms with Gasteiger partial charge in [0.05, 0.1) is 0 Å². The van der Waals surface area contributed by atoms with Gasteiger partial charge in [0, 0.05) is 11.6 Å². The molecule has 2 aromatic rings. The van der Waals surface area contributed by atoms with Gasteiger partial charge in [0.1, 0.15) is 17.3 Å². The standard InChI is InChI=1S/C17H20FNO/c1-11(2)13-4-7-15(8-5-13)20-17-9-6-14(18)10-16(17)12(3)19/h4-12H,19H2,1-3H3/t12-/m0/s1. The zero-order valence-electron chi connectivity index (χ0n) is 12.1. The van der Waals surface area contributed by atoms with Crippen LogP contribution in [0.2, 0.25) is 0 Å². The Kier molecular flexibility index (Phi) is 4.40. The molecule has 0 spiro atoms. The van der Waals surface area contributed by atoms with E-state index >= 15 is 0 Å². The lowest BCUT2D eigenvalue weighted by Gasteiger charge is -2.14. The van der Waals surface area contributed by atoms with Crippen molar-refractivity contribution in [2.75, 3.05) is 0 Å². The summed E-state index contributed by atoms with van der Waals surface area (Å²) in [5, 5.41) is 0. The molecule has 0 unspecified atom stereocenters. The molecule has 2 N–H and O–H groups in total. The highest BCUT2D eigenvalue weighted by Gasteiger charge is 2.10. The molecule has 2 rings (SSSR count). The Morgan fingerprint density at radius 1 is 1.00 bits per heavy atom. The number of nitrogens with two attached hydrogens (primary N) is 1. The number of benzene rings is 2. The largest absolute Gasteiger partial charge is 0.457 e. The van der Waals surface area contributed by atoms with Crippen LogP contribution in [0, 0.1) is 5.82 Å². The summed E-state index contributed by atoms with van der Waals surface area (Å²) in [6.07, 6.45) is 0. The van der Waals surface area contributed by atoms with Crippen LogP contribution in [-0.4, -0.2) is 0 Å². The topological polar surface area (TPSA) is 35.2 Å². The molecule has 0 bridgehead atoms. The summed E-state index contributed by atoms with van der Waals surface area (Å²) in [5.41, 5.74) is 7.77. The van der Waals surface area contributed by atoms with Crippen molar-refractivity contribution in [2.24, 2.45) is 5.73 Å². The minimum Gasteiger partial charge on any atom is -0.457 e. The van der Waals surface area contributed by atoms with Crippen molar-refractivity contribution in [3.63, 3.8) is 0 Å². The zero-order valence-corrected chi connectivity index (χ0v) is 12.1. The number of hydrogen-bond donors (Lipinski definition) is 1. The molecule has 1 atom stereocenters. The molecule has 0 aliphatic carbocycles. The maximum absolute atomic E-state index is 13.3. The van der Waals surface area contributed by atoms with E-state index < -0.39 is 0 Å². The van der Waals surface area contributed by atoms with Crippen LogP contribution in [0.3, 0.4) is 0 Å². The van der Waals surface area contributed by atoms with Gasteiger partial charge in [-0.2, -0.15) is 0 Å². The molecule has 0 heterocycles. The summed E-state index contributed by atoms with van der Waals surface area (Å²) in [4.78, 5) is 0. The lowest BCUT2D eigenvalue weighted by atomic mass is 10.0. The van der Waals surface area contributed by atoms with Gasteiger partial charge in [-0.1, -0.05) is 26.0 Å². The van der Waals surface area contributed by atoms with Gasteiger partial charge in [-0.25, -0.2) is 4.39 Å². The van der Waals surface area contributed by atoms with Crippen LogP contribution in [0.4, 0.5) is 4.39 Å². The van der Waals surface area contributed by atoms with Crippen LogP contribution in [0.5, 0.6) is 11.5 Å². The molecular weight excluding hydrogens is 253 g/mol. The van der Waals surface area contributed by atoms with E-state index in [-0.39, 0.29) is 11.9 Å². The predicted octanol–water partition coefficient (Wildman–Crippen LogP) is 4.76. The van der Waals surface area contributed by atoms with E-state index in [1.807, 2.05) is 31.2 Å². The van der Waals surface area contributed by atoms with Gasteiger partial charge in [-0.05, 0) is 48.7 Å². The van der Waals surface area contributed by atoms with E-state index in [0.29, 0.717) is 17.2 Å². The van der Waals surface area contributed by atoms with Crippen LogP contribution in [-0.2, 0) is 0 Å². The fraction of sp³-hybridized carbons (Fsp3) is 0.294. The average Bonchev–Trinajstić information content (AvgIpc) is 2.41. The zero-order chi connectivity index (χ0) is 14.7. The summed E-state index contributed by atoms with van der Waals surface area (Å²) < 4.78 is 19.1. The van der Waals surface area contributed by atoms with Crippen molar-refractivity contribution < 1.29 is 9.13 Å². The fourth-order valence-corrected chi connectivity index (χ4v) is 2.02. The molecule has 0 fully saturated rings. The first-order valence-corrected chi connectivity index (χ1v) is 6.80. The van der Waals surface area contributed by atoms with E-state index in [1.54, 1.807) is 6.07 Å². The third-order valence-corrected chi connectivity index (χ3v) is 3.24. The Morgan fingerprint density at radius 3 is 2.20 bits per heavy atom. The first-order valence-electron chi connectivity index (χ1n) is 6.80. The van der Waals surface area contributed by atoms with Crippen LogP contribution in [0.25, 0.3) is 0 Å². The highest BCUT2D eigenvalue weighted by Crippen LogP contribution is 2.30. The van der Waals surface area contributed by atoms with Crippen LogP contribution >= 0.6 is 0 Å². The average molecular weight is 273 g/mol. The normalized spacial score (nSPS) is 12.5. The third kappa shape index (κ3) is 3.36. The molecule has 2 aromatic carbocycles. The molecule has 0 aromatic heterocycles. The predicted molar refractivity (Wildman–Crippen MR) is 79.6 cm³/mol. The molecule has 0 aliphatic rings. The smallest absolute Gasteiger partial charge is 0.132 e. The van der Waals surface area contributed by atoms with E-state index in [2.05, 4.69) is 13.8 Å². The summed E-state index contributed by atoms with van der Waals surface area (Å²) in [6.45, 7) is 6.09. The van der Waals surface area contributed by atoms with Crippen LogP contribution in [0.15, 0.2) is 42.5 Å². The summed E-state index contributed by atoms with van der Waals surface area (Å²) in [5.74, 6) is 1.50. The van der Waals surface area contributed by atoms with Crippen molar-refractivity contribution >= 4 is 0 Å². The Bertz CT molecular complexity index is 576. The number of halogens is 1. The molecule has 2 nitrogen and oxygen atoms in total. The lowest BCUT2D eigenvalue weighted by molar-refractivity contribution is 0.469. The lowest BCUT2D eigenvalue weighted by Crippen LogP contribution is -2.07. The van der Waals surface area contributed by atoms with Crippen LogP contribution in [0.1, 0.15) is 43.9 Å². The Balaban J connectivity index is 2.25. The number of hydrogen-bond acceptors (Lipinski definition) is 2. The maximum atomic E-state index is 13.3. The monoisotopic (exact) mass is 273 g/mol. The summed E-state index contributed by atoms with van der Waals surface area (Å²) in [6, 6.07) is 12.0. The third-order valence-electron chi connectivity index (χ3n) is 3.24. The second kappa shape index (κ2) is 6.06. The number of rotatable bonds is 4. The van der Waals surface area contributed by atoms with Crippen molar-refractivity contribution in [3.8, 4) is 11.5 Å². The molecule has 0 aliphatic heterocycles. The fourth-order valence-electron chi connectivity index (χ4n) is 2.02. The second-order valence-corrected chi connectivity index (χ2v) is 5.30. The van der Waals surface area contributed by atoms with Gasteiger partial charge >= 0.3 is 0 Å². The van der Waals surface area contributed by atoms with Gasteiger partial charge < -0.3 is 10.5 Å². The van der Waals surface area contributed by atoms with Crippen molar-refractivity contribution in [2.45, 2.75) is 32.7 Å². The van der Waals surface area contributed by atoms with Crippen molar-refractivity contribution in [1.29, 1.82) is 0 Å². The highest BCUT2D eigenvalue weighted by atomic mass is 19.1. The SMILES string of the molecule is CC(C)c1ccc(Oc2ccc(F)cc2[C@H](C)N)cc1. The number of ether oxygens (including phenoxy) is 1.